The van der Waals surface area contributed by atoms with Crippen molar-refractivity contribution in [2.75, 3.05) is 12.3 Å². The molecule has 0 aliphatic carbocycles. The van der Waals surface area contributed by atoms with Gasteiger partial charge in [0.1, 0.15) is 24.2 Å². The fraction of sp³-hybridized carbons (Fsp3) is 0.737. The van der Waals surface area contributed by atoms with E-state index in [1.54, 1.807) is 13.8 Å². The van der Waals surface area contributed by atoms with Crippen LogP contribution in [0.5, 0.6) is 0 Å². The van der Waals surface area contributed by atoms with E-state index in [1.807, 2.05) is 0 Å². The molecule has 11 N–H and O–H groups in total. The molecular formula is C19H37N7O6S. The molecule has 0 saturated carbocycles. The zero-order valence-electron chi connectivity index (χ0n) is 19.2. The molecule has 0 fully saturated rings. The molecule has 0 aliphatic rings. The van der Waals surface area contributed by atoms with Crippen LogP contribution in [0, 0.1) is 5.92 Å². The molecule has 190 valence electrons. The molecule has 0 heterocycles. The van der Waals surface area contributed by atoms with Crippen molar-refractivity contribution in [2.24, 2.45) is 28.1 Å². The molecule has 3 amide bonds. The third-order valence-corrected chi connectivity index (χ3v) is 5.36. The zero-order chi connectivity index (χ0) is 25.7. The number of carbonyl (C=O) groups is 4. The van der Waals surface area contributed by atoms with Gasteiger partial charge in [0.2, 0.25) is 17.7 Å². The van der Waals surface area contributed by atoms with Gasteiger partial charge in [0.15, 0.2) is 5.96 Å². The van der Waals surface area contributed by atoms with Crippen molar-refractivity contribution in [3.8, 4) is 0 Å². The number of thiol groups is 1. The fourth-order valence-electron chi connectivity index (χ4n) is 2.66. The minimum atomic E-state index is -1.25. The Bertz CT molecular complexity index is 702. The standard InChI is InChI=1S/C19H37N7O6S/c1-4-9(2)14(17(30)24-11(18(31)32)6-5-7-23-19(21)22)26-15(28)12(8-33)25-16(29)13(20)10(3)27/h9-14,27,33H,4-8,20H2,1-3H3,(H,24,30)(H,25,29)(H,26,28)(H,31,32)(H4,21,22,23). The summed E-state index contributed by atoms with van der Waals surface area (Å²) in [5, 5.41) is 26.2. The van der Waals surface area contributed by atoms with E-state index in [-0.39, 0.29) is 30.6 Å². The maximum Gasteiger partial charge on any atom is 0.326 e. The van der Waals surface area contributed by atoms with Crippen LogP contribution in [0.2, 0.25) is 0 Å². The quantitative estimate of drug-likeness (QED) is 0.0499. The first kappa shape index (κ1) is 30.4. The highest BCUT2D eigenvalue weighted by atomic mass is 32.1. The normalized spacial score (nSPS) is 16.3. The highest BCUT2D eigenvalue weighted by Crippen LogP contribution is 2.10. The summed E-state index contributed by atoms with van der Waals surface area (Å²) in [5.41, 5.74) is 16.0. The van der Waals surface area contributed by atoms with Crippen LogP contribution in [-0.4, -0.2) is 82.4 Å². The largest absolute Gasteiger partial charge is 0.480 e. The number of carboxylic acids is 1. The number of aliphatic carboxylic acids is 1. The van der Waals surface area contributed by atoms with Crippen LogP contribution in [0.4, 0.5) is 0 Å². The van der Waals surface area contributed by atoms with Crippen molar-refractivity contribution >= 4 is 42.3 Å². The van der Waals surface area contributed by atoms with Crippen LogP contribution < -0.4 is 33.2 Å². The number of nitrogens with one attached hydrogen (secondary N) is 3. The Labute approximate surface area is 198 Å². The Morgan fingerprint density at radius 1 is 1.00 bits per heavy atom. The summed E-state index contributed by atoms with van der Waals surface area (Å²) in [6, 6.07) is -4.64. The van der Waals surface area contributed by atoms with Gasteiger partial charge in [0.05, 0.1) is 6.10 Å². The van der Waals surface area contributed by atoms with Gasteiger partial charge >= 0.3 is 5.97 Å². The second kappa shape index (κ2) is 15.3. The number of amides is 3. The molecule has 0 bridgehead atoms. The minimum absolute atomic E-state index is 0.0750. The average molecular weight is 492 g/mol. The Balaban J connectivity index is 5.30. The van der Waals surface area contributed by atoms with Gasteiger partial charge in [0, 0.05) is 12.3 Å². The molecule has 0 saturated heterocycles. The van der Waals surface area contributed by atoms with Crippen molar-refractivity contribution < 1.29 is 29.4 Å². The van der Waals surface area contributed by atoms with Gasteiger partial charge in [-0.3, -0.25) is 19.4 Å². The lowest BCUT2D eigenvalue weighted by Gasteiger charge is -2.27. The van der Waals surface area contributed by atoms with Crippen LogP contribution in [0.3, 0.4) is 0 Å². The van der Waals surface area contributed by atoms with E-state index in [2.05, 4.69) is 33.6 Å². The second-order valence-corrected chi connectivity index (χ2v) is 8.10. The summed E-state index contributed by atoms with van der Waals surface area (Å²) in [4.78, 5) is 53.0. The van der Waals surface area contributed by atoms with E-state index in [9.17, 15) is 29.4 Å². The summed E-state index contributed by atoms with van der Waals surface area (Å²) in [6.07, 6.45) is -0.240. The Hall–Kier alpha value is -2.58. The van der Waals surface area contributed by atoms with Gasteiger partial charge in [-0.15, -0.1) is 0 Å². The van der Waals surface area contributed by atoms with Crippen molar-refractivity contribution in [3.05, 3.63) is 0 Å². The summed E-state index contributed by atoms with van der Waals surface area (Å²) in [7, 11) is 0. The summed E-state index contributed by atoms with van der Waals surface area (Å²) < 4.78 is 0. The van der Waals surface area contributed by atoms with E-state index in [0.29, 0.717) is 12.8 Å². The smallest absolute Gasteiger partial charge is 0.326 e. The van der Waals surface area contributed by atoms with Crippen molar-refractivity contribution in [3.63, 3.8) is 0 Å². The average Bonchev–Trinajstić information content (AvgIpc) is 2.75. The molecule has 6 unspecified atom stereocenters. The number of nitrogens with two attached hydrogens (primary N) is 3. The van der Waals surface area contributed by atoms with Crippen molar-refractivity contribution in [1.29, 1.82) is 0 Å². The number of aliphatic imine (C=N–C) groups is 1. The number of rotatable bonds is 15. The lowest BCUT2D eigenvalue weighted by atomic mass is 9.97. The number of aliphatic hydroxyl groups is 1. The molecule has 0 aromatic heterocycles. The molecule has 0 rings (SSSR count). The first-order chi connectivity index (χ1) is 15.3. The third-order valence-electron chi connectivity index (χ3n) is 4.99. The number of aliphatic hydroxyl groups excluding tert-OH is 1. The number of hydrogen-bond donors (Lipinski definition) is 9. The molecule has 0 aromatic carbocycles. The van der Waals surface area contributed by atoms with Gasteiger partial charge in [-0.2, -0.15) is 12.6 Å². The lowest BCUT2D eigenvalue weighted by Crippen LogP contribution is -2.59. The van der Waals surface area contributed by atoms with E-state index >= 15 is 0 Å². The number of carboxylic acid groups (broad SMARTS) is 1. The zero-order valence-corrected chi connectivity index (χ0v) is 20.0. The SMILES string of the molecule is CCC(C)C(NC(=O)C(CS)NC(=O)C(N)C(C)O)C(=O)NC(CCCN=C(N)N)C(=O)O. The van der Waals surface area contributed by atoms with Gasteiger partial charge in [-0.05, 0) is 25.7 Å². The fourth-order valence-corrected chi connectivity index (χ4v) is 2.92. The molecular weight excluding hydrogens is 454 g/mol. The van der Waals surface area contributed by atoms with Crippen molar-refractivity contribution in [2.45, 2.75) is 70.3 Å². The molecule has 13 nitrogen and oxygen atoms in total. The van der Waals surface area contributed by atoms with Crippen molar-refractivity contribution in [1.82, 2.24) is 16.0 Å². The Morgan fingerprint density at radius 3 is 2.03 bits per heavy atom. The molecule has 0 aliphatic heterocycles. The summed E-state index contributed by atoms with van der Waals surface area (Å²) >= 11 is 4.06. The first-order valence-corrected chi connectivity index (χ1v) is 11.2. The maximum absolute atomic E-state index is 12.8. The van der Waals surface area contributed by atoms with E-state index in [4.69, 9.17) is 17.2 Å². The lowest BCUT2D eigenvalue weighted by molar-refractivity contribution is -0.142. The van der Waals surface area contributed by atoms with Gasteiger partial charge < -0.3 is 43.4 Å². The number of guanidine groups is 1. The Morgan fingerprint density at radius 2 is 1.58 bits per heavy atom. The van der Waals surface area contributed by atoms with Crippen LogP contribution in [-0.2, 0) is 19.2 Å². The maximum atomic E-state index is 12.8. The third kappa shape index (κ3) is 11.2. The topological polar surface area (TPSA) is 235 Å². The number of carbonyl (C=O) groups excluding carboxylic acids is 3. The monoisotopic (exact) mass is 491 g/mol. The predicted octanol–water partition coefficient (Wildman–Crippen LogP) is -2.74. The van der Waals surface area contributed by atoms with Gasteiger partial charge in [0.25, 0.3) is 0 Å². The van der Waals surface area contributed by atoms with E-state index < -0.39 is 54.0 Å². The highest BCUT2D eigenvalue weighted by molar-refractivity contribution is 7.80. The first-order valence-electron chi connectivity index (χ1n) is 10.6. The van der Waals surface area contributed by atoms with Crippen LogP contribution >= 0.6 is 12.6 Å². The van der Waals surface area contributed by atoms with Crippen LogP contribution in [0.1, 0.15) is 40.0 Å². The predicted molar refractivity (Wildman–Crippen MR) is 126 cm³/mol. The van der Waals surface area contributed by atoms with E-state index in [0.717, 1.165) is 0 Å². The number of nitrogens with zero attached hydrogens (tertiary/aromatic N) is 1. The molecule has 6 atom stereocenters. The molecule has 0 radical (unpaired) electrons. The van der Waals surface area contributed by atoms with Crippen LogP contribution in [0.25, 0.3) is 0 Å². The van der Waals surface area contributed by atoms with Gasteiger partial charge in [-0.1, -0.05) is 20.3 Å². The summed E-state index contributed by atoms with van der Waals surface area (Å²) in [5.74, 6) is -3.94. The number of hydrogen-bond acceptors (Lipinski definition) is 8. The Kier molecular flexibility index (Phi) is 14.1. The van der Waals surface area contributed by atoms with E-state index in [1.165, 1.54) is 6.92 Å². The molecule has 0 spiro atoms. The molecule has 33 heavy (non-hydrogen) atoms. The summed E-state index contributed by atoms with van der Waals surface area (Å²) in [6.45, 7) is 5.06. The molecule has 0 aromatic rings. The van der Waals surface area contributed by atoms with Gasteiger partial charge in [-0.25, -0.2) is 4.79 Å². The van der Waals surface area contributed by atoms with Crippen LogP contribution in [0.15, 0.2) is 4.99 Å². The highest BCUT2D eigenvalue weighted by Gasteiger charge is 2.32. The second-order valence-electron chi connectivity index (χ2n) is 7.73. The minimum Gasteiger partial charge on any atom is -0.480 e. The molecule has 14 heteroatoms.